The smallest absolute Gasteiger partial charge is 0.298 e. The Morgan fingerprint density at radius 1 is 1.88 bits per heavy atom. The second-order valence-corrected chi connectivity index (χ2v) is 8.75. The summed E-state index contributed by atoms with van der Waals surface area (Å²) in [5, 5.41) is 0. The van der Waals surface area contributed by atoms with Crippen molar-refractivity contribution in [2.45, 2.75) is 12.2 Å². The van der Waals surface area contributed by atoms with Crippen molar-refractivity contribution < 1.29 is 13.0 Å². The molecule has 1 heterocycles. The maximum atomic E-state index is 10.5. The van der Waals surface area contributed by atoms with Crippen LogP contribution in [0.1, 0.15) is 0 Å². The van der Waals surface area contributed by atoms with Gasteiger partial charge in [-0.3, -0.25) is 4.57 Å². The van der Waals surface area contributed by atoms with Crippen LogP contribution < -0.4 is 0 Å². The van der Waals surface area contributed by atoms with Gasteiger partial charge in [0.1, 0.15) is 0 Å². The molecule has 1 saturated heterocycles. The molecule has 1 aliphatic rings. The summed E-state index contributed by atoms with van der Waals surface area (Å²) in [7, 11) is -3.37. The topological polar surface area (TPSA) is 35.5 Å². The van der Waals surface area contributed by atoms with Gasteiger partial charge in [0.15, 0.2) is 18.8 Å². The van der Waals surface area contributed by atoms with Gasteiger partial charge in [-0.2, -0.15) is 0 Å². The summed E-state index contributed by atoms with van der Waals surface area (Å²) in [6, 6.07) is 0. The van der Waals surface area contributed by atoms with Gasteiger partial charge in [0.05, 0.1) is 0 Å². The minimum Gasteiger partial charge on any atom is -0.361 e. The summed E-state index contributed by atoms with van der Waals surface area (Å²) in [4.78, 5) is 0. The average Bonchev–Trinajstić information content (AvgIpc) is 1.64. The van der Waals surface area contributed by atoms with Crippen LogP contribution in [0.5, 0.6) is 0 Å². The Morgan fingerprint density at radius 3 is 3.00 bits per heavy atom. The SMILES string of the molecule is C[SiH]1C[SiH2]O[PH](=O)O1. The number of hydrogen-bond donors (Lipinski definition) is 0. The second-order valence-electron chi connectivity index (χ2n) is 1.82. The number of rotatable bonds is 0. The van der Waals surface area contributed by atoms with E-state index >= 15 is 0 Å². The Morgan fingerprint density at radius 2 is 2.62 bits per heavy atom. The van der Waals surface area contributed by atoms with Crippen molar-refractivity contribution in [3.05, 3.63) is 0 Å². The third kappa shape index (κ3) is 1.83. The highest BCUT2D eigenvalue weighted by Crippen LogP contribution is 2.29. The fourth-order valence-electron chi connectivity index (χ4n) is 0.565. The first-order valence-electron chi connectivity index (χ1n) is 2.62. The molecule has 0 amide bonds. The average molecular weight is 168 g/mol. The van der Waals surface area contributed by atoms with Crippen LogP contribution in [0.4, 0.5) is 0 Å². The van der Waals surface area contributed by atoms with Crippen molar-refractivity contribution >= 4 is 27.1 Å². The number of hydrogen-bond acceptors (Lipinski definition) is 3. The fourth-order valence-corrected chi connectivity index (χ4v) is 7.82. The molecule has 2 unspecified atom stereocenters. The first-order valence-corrected chi connectivity index (χ1v) is 7.87. The molecule has 0 aromatic rings. The van der Waals surface area contributed by atoms with E-state index < -0.39 is 27.1 Å². The minimum absolute atomic E-state index is 0.417. The van der Waals surface area contributed by atoms with Crippen LogP contribution in [-0.4, -0.2) is 18.8 Å². The molecule has 0 aromatic carbocycles. The van der Waals surface area contributed by atoms with Gasteiger partial charge >= 0.3 is 0 Å². The molecule has 1 rings (SSSR count). The summed E-state index contributed by atoms with van der Waals surface area (Å²) in [5.41, 5.74) is 1.14. The molecule has 48 valence electrons. The van der Waals surface area contributed by atoms with Gasteiger partial charge in [-0.1, -0.05) is 0 Å². The lowest BCUT2D eigenvalue weighted by molar-refractivity contribution is 0.419. The molecule has 0 bridgehead atoms. The molecule has 1 aliphatic heterocycles. The van der Waals surface area contributed by atoms with Crippen molar-refractivity contribution in [3.63, 3.8) is 0 Å². The van der Waals surface area contributed by atoms with Crippen LogP contribution in [-0.2, 0) is 13.0 Å². The summed E-state index contributed by atoms with van der Waals surface area (Å²) >= 11 is 0. The fraction of sp³-hybridized carbons (Fsp3) is 1.00. The molecular weight excluding hydrogens is 159 g/mol. The molecule has 2 atom stereocenters. The lowest BCUT2D eigenvalue weighted by atomic mass is 11.8. The van der Waals surface area contributed by atoms with Crippen molar-refractivity contribution in [3.8, 4) is 0 Å². The van der Waals surface area contributed by atoms with E-state index in [9.17, 15) is 4.57 Å². The molecule has 0 spiro atoms. The predicted molar refractivity (Wildman–Crippen MR) is 37.5 cm³/mol. The Balaban J connectivity index is 2.34. The Kier molecular flexibility index (Phi) is 2.46. The third-order valence-corrected chi connectivity index (χ3v) is 9.38. The van der Waals surface area contributed by atoms with E-state index in [0.29, 0.717) is 0 Å². The van der Waals surface area contributed by atoms with Crippen LogP contribution in [0.25, 0.3) is 0 Å². The lowest BCUT2D eigenvalue weighted by Gasteiger charge is -2.16. The van der Waals surface area contributed by atoms with E-state index in [0.717, 1.165) is 5.67 Å². The van der Waals surface area contributed by atoms with E-state index in [1.807, 2.05) is 0 Å². The highest BCUT2D eigenvalue weighted by molar-refractivity contribution is 7.37. The Bertz CT molecular complexity index is 107. The molecule has 6 heteroatoms. The van der Waals surface area contributed by atoms with Crippen LogP contribution in [0, 0.1) is 0 Å². The zero-order chi connectivity index (χ0) is 5.98. The highest BCUT2D eigenvalue weighted by atomic mass is 31.1. The predicted octanol–water partition coefficient (Wildman–Crippen LogP) is -0.182. The van der Waals surface area contributed by atoms with Crippen LogP contribution in [0.3, 0.4) is 0 Å². The Hall–Kier alpha value is 0.584. The van der Waals surface area contributed by atoms with Crippen molar-refractivity contribution in [2.75, 3.05) is 0 Å². The Labute approximate surface area is 53.0 Å². The van der Waals surface area contributed by atoms with E-state index in [1.54, 1.807) is 0 Å². The summed E-state index contributed by atoms with van der Waals surface area (Å²) in [5.74, 6) is 0. The second kappa shape index (κ2) is 2.93. The monoisotopic (exact) mass is 168 g/mol. The largest absolute Gasteiger partial charge is 0.361 e. The quantitative estimate of drug-likeness (QED) is 0.372. The molecule has 0 radical (unpaired) electrons. The molecule has 0 aromatic heterocycles. The summed E-state index contributed by atoms with van der Waals surface area (Å²) in [6.45, 7) is 2.07. The maximum Gasteiger partial charge on any atom is 0.298 e. The van der Waals surface area contributed by atoms with E-state index in [4.69, 9.17) is 8.43 Å². The summed E-state index contributed by atoms with van der Waals surface area (Å²) in [6.07, 6.45) is 0. The standard InChI is InChI=1S/C2H9O3PSi2/c1-8-2-7-4-6(3)5-8/h6,8H,2,7H2,1H3. The van der Waals surface area contributed by atoms with Crippen molar-refractivity contribution in [2.24, 2.45) is 0 Å². The van der Waals surface area contributed by atoms with E-state index in [-0.39, 0.29) is 0 Å². The van der Waals surface area contributed by atoms with E-state index in [1.165, 1.54) is 0 Å². The van der Waals surface area contributed by atoms with Gasteiger partial charge in [-0.15, -0.1) is 0 Å². The molecule has 3 nitrogen and oxygen atoms in total. The minimum atomic E-state index is -1.97. The lowest BCUT2D eigenvalue weighted by Crippen LogP contribution is -2.18. The molecule has 1 fully saturated rings. The van der Waals surface area contributed by atoms with E-state index in [2.05, 4.69) is 6.55 Å². The molecule has 8 heavy (non-hydrogen) atoms. The normalized spacial score (nSPS) is 42.6. The van der Waals surface area contributed by atoms with Gasteiger partial charge in [-0.25, -0.2) is 0 Å². The third-order valence-electron chi connectivity index (χ3n) is 1.04. The zero-order valence-electron chi connectivity index (χ0n) is 4.72. The van der Waals surface area contributed by atoms with Gasteiger partial charge in [-0.05, 0) is 12.2 Å². The van der Waals surface area contributed by atoms with Gasteiger partial charge in [0, 0.05) is 0 Å². The van der Waals surface area contributed by atoms with Crippen molar-refractivity contribution in [1.29, 1.82) is 0 Å². The first-order chi connectivity index (χ1) is 3.79. The summed E-state index contributed by atoms with van der Waals surface area (Å²) < 4.78 is 20.3. The van der Waals surface area contributed by atoms with Crippen molar-refractivity contribution in [1.82, 2.24) is 0 Å². The van der Waals surface area contributed by atoms with Gasteiger partial charge in [0.2, 0.25) is 0 Å². The molecular formula is C2H9O3PSi2. The first kappa shape index (κ1) is 6.70. The van der Waals surface area contributed by atoms with Crippen LogP contribution in [0.15, 0.2) is 0 Å². The maximum absolute atomic E-state index is 10.5. The molecule has 0 saturated carbocycles. The molecule has 0 N–H and O–H groups in total. The van der Waals surface area contributed by atoms with Gasteiger partial charge in [0.25, 0.3) is 8.25 Å². The van der Waals surface area contributed by atoms with Gasteiger partial charge < -0.3 is 8.43 Å². The van der Waals surface area contributed by atoms with Crippen LogP contribution >= 0.6 is 8.25 Å². The zero-order valence-corrected chi connectivity index (χ0v) is 8.29. The molecule has 0 aliphatic carbocycles. The highest BCUT2D eigenvalue weighted by Gasteiger charge is 2.15. The van der Waals surface area contributed by atoms with Crippen LogP contribution in [0.2, 0.25) is 12.2 Å².